The number of rotatable bonds is 9. The van der Waals surface area contributed by atoms with E-state index in [1.807, 2.05) is 0 Å². The Morgan fingerprint density at radius 3 is 2.39 bits per heavy atom. The summed E-state index contributed by atoms with van der Waals surface area (Å²) in [7, 11) is 0. The second-order valence-electron chi connectivity index (χ2n) is 8.92. The van der Waals surface area contributed by atoms with Gasteiger partial charge in [0.1, 0.15) is 36.4 Å². The summed E-state index contributed by atoms with van der Waals surface area (Å²) in [5.41, 5.74) is 4.36. The third-order valence-electron chi connectivity index (χ3n) is 6.01. The Labute approximate surface area is 228 Å². The maximum atomic E-state index is 14.1. The number of nitrogens with zero attached hydrogens (tertiary/aromatic N) is 3. The molecular weight excluding hydrogens is 556 g/mol. The number of aliphatic hydroxyl groups excluding tert-OH is 1. The molecule has 8 nitrogen and oxygen atoms in total. The minimum Gasteiger partial charge on any atom is -0.388 e. The SMILES string of the molecule is NC(=O)c1cc(-c2cccnc2C(Cc2cc(F)cc(F)c2)NC(=O)Cn2cc(C(F)(F)F)nc2CO)ccc1F. The molecule has 2 aromatic carbocycles. The summed E-state index contributed by atoms with van der Waals surface area (Å²) in [4.78, 5) is 32.4. The molecule has 0 bridgehead atoms. The van der Waals surface area contributed by atoms with E-state index in [9.17, 15) is 41.0 Å². The fourth-order valence-electron chi connectivity index (χ4n) is 4.25. The number of imidazole rings is 1. The fourth-order valence-corrected chi connectivity index (χ4v) is 4.25. The molecule has 0 aliphatic carbocycles. The highest BCUT2D eigenvalue weighted by atomic mass is 19.4. The first kappa shape index (κ1) is 29.3. The second kappa shape index (κ2) is 11.8. The van der Waals surface area contributed by atoms with Gasteiger partial charge in [-0.1, -0.05) is 12.1 Å². The molecule has 41 heavy (non-hydrogen) atoms. The van der Waals surface area contributed by atoms with Crippen molar-refractivity contribution in [3.63, 3.8) is 0 Å². The number of carbonyl (C=O) groups is 2. The highest BCUT2D eigenvalue weighted by Crippen LogP contribution is 2.31. The van der Waals surface area contributed by atoms with Gasteiger partial charge in [-0.05, 0) is 47.9 Å². The van der Waals surface area contributed by atoms with E-state index in [0.29, 0.717) is 17.8 Å². The van der Waals surface area contributed by atoms with Gasteiger partial charge in [-0.25, -0.2) is 18.2 Å². The number of aromatic nitrogens is 3. The van der Waals surface area contributed by atoms with Gasteiger partial charge in [-0.3, -0.25) is 14.6 Å². The van der Waals surface area contributed by atoms with Crippen LogP contribution in [0.3, 0.4) is 0 Å². The molecular formula is C27H21F6N5O3. The topological polar surface area (TPSA) is 123 Å². The molecule has 4 rings (SSSR count). The molecule has 2 aromatic heterocycles. The summed E-state index contributed by atoms with van der Waals surface area (Å²) >= 11 is 0. The van der Waals surface area contributed by atoms with Crippen LogP contribution in [0.1, 0.15) is 39.2 Å². The average Bonchev–Trinajstić information content (AvgIpc) is 3.31. The number of hydrogen-bond donors (Lipinski definition) is 3. The number of amides is 2. The highest BCUT2D eigenvalue weighted by Gasteiger charge is 2.35. The summed E-state index contributed by atoms with van der Waals surface area (Å²) < 4.78 is 82.3. The molecule has 14 heteroatoms. The monoisotopic (exact) mass is 577 g/mol. The van der Waals surface area contributed by atoms with Crippen LogP contribution in [0.5, 0.6) is 0 Å². The zero-order chi connectivity index (χ0) is 29.9. The smallest absolute Gasteiger partial charge is 0.388 e. The van der Waals surface area contributed by atoms with Gasteiger partial charge in [-0.2, -0.15) is 13.2 Å². The third kappa shape index (κ3) is 6.90. The number of primary amides is 1. The molecule has 2 amide bonds. The van der Waals surface area contributed by atoms with Crippen molar-refractivity contribution in [1.29, 1.82) is 0 Å². The first-order valence-corrected chi connectivity index (χ1v) is 11.9. The maximum absolute atomic E-state index is 14.1. The Bertz CT molecular complexity index is 1580. The lowest BCUT2D eigenvalue weighted by molar-refractivity contribution is -0.141. The van der Waals surface area contributed by atoms with E-state index in [1.54, 1.807) is 6.07 Å². The van der Waals surface area contributed by atoms with Crippen LogP contribution >= 0.6 is 0 Å². The molecule has 0 aliphatic rings. The zero-order valence-corrected chi connectivity index (χ0v) is 20.9. The summed E-state index contributed by atoms with van der Waals surface area (Å²) in [5, 5.41) is 12.0. The summed E-state index contributed by atoms with van der Waals surface area (Å²) in [5.74, 6) is -4.94. The van der Waals surface area contributed by atoms with Crippen LogP contribution in [0.25, 0.3) is 11.1 Å². The Morgan fingerprint density at radius 2 is 1.76 bits per heavy atom. The van der Waals surface area contributed by atoms with Crippen molar-refractivity contribution in [1.82, 2.24) is 19.9 Å². The minimum atomic E-state index is -4.82. The van der Waals surface area contributed by atoms with Crippen molar-refractivity contribution in [2.24, 2.45) is 5.73 Å². The second-order valence-corrected chi connectivity index (χ2v) is 8.92. The number of pyridine rings is 1. The first-order valence-electron chi connectivity index (χ1n) is 11.9. The van der Waals surface area contributed by atoms with Crippen molar-refractivity contribution < 1.29 is 41.0 Å². The van der Waals surface area contributed by atoms with Gasteiger partial charge in [0, 0.05) is 24.0 Å². The highest BCUT2D eigenvalue weighted by molar-refractivity contribution is 5.94. The van der Waals surface area contributed by atoms with Crippen LogP contribution in [0, 0.1) is 17.5 Å². The van der Waals surface area contributed by atoms with Crippen molar-refractivity contribution in [2.75, 3.05) is 0 Å². The number of alkyl halides is 3. The predicted octanol–water partition coefficient (Wildman–Crippen LogP) is 4.07. The van der Waals surface area contributed by atoms with Gasteiger partial charge in [0.2, 0.25) is 5.91 Å². The van der Waals surface area contributed by atoms with Gasteiger partial charge in [-0.15, -0.1) is 0 Å². The summed E-state index contributed by atoms with van der Waals surface area (Å²) in [6.45, 7) is -1.58. The van der Waals surface area contributed by atoms with E-state index >= 15 is 0 Å². The lowest BCUT2D eigenvalue weighted by Crippen LogP contribution is -2.34. The number of halogens is 6. The van der Waals surface area contributed by atoms with Crippen molar-refractivity contribution >= 4 is 11.8 Å². The molecule has 214 valence electrons. The van der Waals surface area contributed by atoms with E-state index in [0.717, 1.165) is 22.8 Å². The van der Waals surface area contributed by atoms with Crippen LogP contribution in [-0.4, -0.2) is 31.5 Å². The Balaban J connectivity index is 1.74. The van der Waals surface area contributed by atoms with Crippen LogP contribution in [0.4, 0.5) is 26.3 Å². The lowest BCUT2D eigenvalue weighted by Gasteiger charge is -2.22. The van der Waals surface area contributed by atoms with Gasteiger partial charge < -0.3 is 20.7 Å². The van der Waals surface area contributed by atoms with Gasteiger partial charge in [0.15, 0.2) is 5.69 Å². The number of nitrogens with one attached hydrogen (secondary N) is 1. The number of hydrogen-bond acceptors (Lipinski definition) is 5. The Hall–Kier alpha value is -4.72. The van der Waals surface area contributed by atoms with Crippen LogP contribution in [0.2, 0.25) is 0 Å². The molecule has 0 aliphatic heterocycles. The minimum absolute atomic E-state index is 0.111. The van der Waals surface area contributed by atoms with Crippen molar-refractivity contribution in [3.05, 3.63) is 107 Å². The average molecular weight is 577 g/mol. The fraction of sp³-hybridized carbons (Fsp3) is 0.185. The number of aliphatic hydroxyl groups is 1. The van der Waals surface area contributed by atoms with Gasteiger partial charge >= 0.3 is 6.18 Å². The lowest BCUT2D eigenvalue weighted by atomic mass is 9.94. The normalized spacial score (nSPS) is 12.3. The van der Waals surface area contributed by atoms with E-state index < -0.39 is 71.7 Å². The van der Waals surface area contributed by atoms with E-state index in [-0.39, 0.29) is 23.2 Å². The van der Waals surface area contributed by atoms with E-state index in [1.165, 1.54) is 24.4 Å². The quantitative estimate of drug-likeness (QED) is 0.259. The molecule has 0 spiro atoms. The number of carbonyl (C=O) groups excluding carboxylic acids is 2. The van der Waals surface area contributed by atoms with Gasteiger partial charge in [0.25, 0.3) is 5.91 Å². The maximum Gasteiger partial charge on any atom is 0.434 e. The molecule has 0 saturated carbocycles. The molecule has 4 aromatic rings. The number of nitrogens with two attached hydrogens (primary N) is 1. The molecule has 0 radical (unpaired) electrons. The predicted molar refractivity (Wildman–Crippen MR) is 132 cm³/mol. The van der Waals surface area contributed by atoms with Gasteiger partial charge in [0.05, 0.1) is 17.3 Å². The first-order chi connectivity index (χ1) is 19.3. The van der Waals surface area contributed by atoms with E-state index in [2.05, 4.69) is 15.3 Å². The molecule has 2 heterocycles. The molecule has 0 saturated heterocycles. The largest absolute Gasteiger partial charge is 0.434 e. The summed E-state index contributed by atoms with van der Waals surface area (Å²) in [6.07, 6.45) is -3.12. The molecule has 1 unspecified atom stereocenters. The Morgan fingerprint density at radius 1 is 1.05 bits per heavy atom. The van der Waals surface area contributed by atoms with Crippen LogP contribution in [-0.2, 0) is 30.5 Å². The third-order valence-corrected chi connectivity index (χ3v) is 6.01. The van der Waals surface area contributed by atoms with Crippen molar-refractivity contribution in [3.8, 4) is 11.1 Å². The van der Waals surface area contributed by atoms with Crippen molar-refractivity contribution in [2.45, 2.75) is 31.8 Å². The van der Waals surface area contributed by atoms with E-state index in [4.69, 9.17) is 5.73 Å². The van der Waals surface area contributed by atoms with Crippen LogP contribution < -0.4 is 11.1 Å². The Kier molecular flexibility index (Phi) is 8.42. The number of benzene rings is 2. The van der Waals surface area contributed by atoms with Crippen LogP contribution in [0.15, 0.2) is 60.9 Å². The zero-order valence-electron chi connectivity index (χ0n) is 20.9. The molecule has 1 atom stereocenters. The standard InChI is InChI=1S/C27H21F6N5O3/c28-16-6-14(7-17(29)10-16)8-21(36-24(40)12-38-11-22(27(31,32)33)37-23(38)13-39)25-18(2-1-5-35-25)15-3-4-20(30)19(9-15)26(34)41/h1-7,9-11,21,39H,8,12-13H2,(H2,34,41)(H,36,40). The summed E-state index contributed by atoms with van der Waals surface area (Å²) in [6, 6.07) is 8.18. The molecule has 4 N–H and O–H groups in total. The molecule has 0 fully saturated rings.